The number of rotatable bonds is 6. The summed E-state index contributed by atoms with van der Waals surface area (Å²) >= 11 is 0. The highest BCUT2D eigenvalue weighted by Crippen LogP contribution is 2.24. The van der Waals surface area contributed by atoms with Crippen molar-refractivity contribution in [3.63, 3.8) is 0 Å². The molecule has 1 aliphatic rings. The van der Waals surface area contributed by atoms with Gasteiger partial charge in [0, 0.05) is 1.37 Å². The maximum atomic E-state index is 11.7. The second kappa shape index (κ2) is 6.89. The van der Waals surface area contributed by atoms with Crippen LogP contribution in [0.25, 0.3) is 0 Å². The molecule has 3 nitrogen and oxygen atoms in total. The van der Waals surface area contributed by atoms with Crippen LogP contribution in [0.2, 0.25) is 0 Å². The maximum Gasteiger partial charge on any atom is 0.307 e. The summed E-state index contributed by atoms with van der Waals surface area (Å²) in [6, 6.07) is 8.06. The molecule has 0 saturated carbocycles. The van der Waals surface area contributed by atoms with Gasteiger partial charge in [-0.15, -0.1) is 0 Å². The van der Waals surface area contributed by atoms with Gasteiger partial charge in [-0.05, 0) is 55.3 Å². The van der Waals surface area contributed by atoms with Gasteiger partial charge in [0.25, 0.3) is 0 Å². The first-order chi connectivity index (χ1) is 9.91. The minimum absolute atomic E-state index is 0.122. The molecule has 1 saturated heterocycles. The maximum absolute atomic E-state index is 11.7. The smallest absolute Gasteiger partial charge is 0.307 e. The fraction of sp³-hybridized carbons (Fsp3) is 0.588. The summed E-state index contributed by atoms with van der Waals surface area (Å²) in [4.78, 5) is 11.7. The quantitative estimate of drug-likeness (QED) is 0.840. The Bertz CT molecular complexity index is 497. The molecule has 2 rings (SSSR count). The van der Waals surface area contributed by atoms with E-state index in [1.807, 2.05) is 12.1 Å². The van der Waals surface area contributed by atoms with Gasteiger partial charge < -0.3 is 10.4 Å². The number of carboxylic acids is 1. The molecule has 0 aliphatic carbocycles. The van der Waals surface area contributed by atoms with Crippen LogP contribution < -0.4 is 5.32 Å². The minimum atomic E-state index is -1.43. The first-order valence-electron chi connectivity index (χ1n) is 7.93. The highest BCUT2D eigenvalue weighted by molar-refractivity contribution is 5.71. The molecule has 3 heteroatoms. The minimum Gasteiger partial charge on any atom is -0.481 e. The van der Waals surface area contributed by atoms with Crippen LogP contribution in [0, 0.1) is 17.7 Å². The number of hydrogen-bond donors (Lipinski definition) is 2. The monoisotopic (exact) mass is 276 g/mol. The Morgan fingerprint density at radius 3 is 2.70 bits per heavy atom. The lowest BCUT2D eigenvalue weighted by Gasteiger charge is -2.19. The topological polar surface area (TPSA) is 49.3 Å². The Kier molecular flexibility index (Phi) is 4.69. The van der Waals surface area contributed by atoms with Gasteiger partial charge >= 0.3 is 5.97 Å². The predicted molar refractivity (Wildman–Crippen MR) is 80.8 cm³/mol. The van der Waals surface area contributed by atoms with E-state index in [0.717, 1.165) is 24.9 Å². The van der Waals surface area contributed by atoms with Crippen molar-refractivity contribution in [1.29, 1.82) is 0 Å². The van der Waals surface area contributed by atoms with Gasteiger partial charge in [0.2, 0.25) is 0 Å². The van der Waals surface area contributed by atoms with Crippen LogP contribution in [0.1, 0.15) is 32.8 Å². The molecular formula is C17H25NO2. The summed E-state index contributed by atoms with van der Waals surface area (Å²) in [7, 11) is 0. The van der Waals surface area contributed by atoms with Crippen LogP contribution in [-0.4, -0.2) is 24.2 Å². The van der Waals surface area contributed by atoms with Crippen molar-refractivity contribution >= 4 is 5.97 Å². The number of benzene rings is 1. The molecule has 0 unspecified atom stereocenters. The molecule has 0 aromatic heterocycles. The average molecular weight is 276 g/mol. The van der Waals surface area contributed by atoms with Crippen LogP contribution >= 0.6 is 0 Å². The fourth-order valence-electron chi connectivity index (χ4n) is 2.90. The van der Waals surface area contributed by atoms with Gasteiger partial charge in [0.05, 0.1) is 5.89 Å². The van der Waals surface area contributed by atoms with Gasteiger partial charge in [0.15, 0.2) is 0 Å². The summed E-state index contributed by atoms with van der Waals surface area (Å²) in [6.07, 6.45) is 2.03. The average Bonchev–Trinajstić information content (AvgIpc) is 2.92. The Morgan fingerprint density at radius 2 is 2.15 bits per heavy atom. The second-order valence-corrected chi connectivity index (χ2v) is 6.11. The molecule has 1 aliphatic heterocycles. The fourth-order valence-corrected chi connectivity index (χ4v) is 2.90. The van der Waals surface area contributed by atoms with Gasteiger partial charge in [0.1, 0.15) is 0 Å². The first-order valence-corrected chi connectivity index (χ1v) is 7.43. The van der Waals surface area contributed by atoms with Crippen LogP contribution in [-0.2, 0) is 17.6 Å². The molecule has 2 N–H and O–H groups in total. The molecule has 1 fully saturated rings. The Balaban J connectivity index is 2.18. The molecule has 0 amide bonds. The zero-order chi connectivity index (χ0) is 15.5. The molecule has 20 heavy (non-hydrogen) atoms. The first kappa shape index (κ1) is 13.6. The van der Waals surface area contributed by atoms with Gasteiger partial charge in [-0.1, -0.05) is 38.1 Å². The van der Waals surface area contributed by atoms with E-state index in [-0.39, 0.29) is 12.3 Å². The summed E-state index contributed by atoms with van der Waals surface area (Å²) in [6.45, 7) is 5.78. The van der Waals surface area contributed by atoms with Crippen molar-refractivity contribution in [2.24, 2.45) is 17.7 Å². The summed E-state index contributed by atoms with van der Waals surface area (Å²) in [5, 5.41) is 12.7. The molecule has 0 spiro atoms. The van der Waals surface area contributed by atoms with Crippen molar-refractivity contribution in [3.05, 3.63) is 35.4 Å². The van der Waals surface area contributed by atoms with Gasteiger partial charge in [-0.3, -0.25) is 4.79 Å². The van der Waals surface area contributed by atoms with E-state index < -0.39 is 11.9 Å². The zero-order valence-electron chi connectivity index (χ0n) is 13.4. The molecule has 1 aromatic rings. The van der Waals surface area contributed by atoms with Crippen LogP contribution in [0.5, 0.6) is 0 Å². The van der Waals surface area contributed by atoms with E-state index in [1.54, 1.807) is 0 Å². The Labute approximate surface area is 122 Å². The van der Waals surface area contributed by atoms with E-state index in [2.05, 4.69) is 31.3 Å². The standard InChI is InChI=1S/C17H25NO2/c1-12(2)8-13-4-3-5-14(9-13)10-16(17(19)20)15-6-7-18-11-15/h3-5,9,12,15-16,18H,6-8,10-11H2,1-2H3,(H,19,20)/t15-,16-/m0/s1/i16D. The largest absolute Gasteiger partial charge is 0.481 e. The lowest BCUT2D eigenvalue weighted by atomic mass is 9.85. The van der Waals surface area contributed by atoms with Crippen molar-refractivity contribution in [3.8, 4) is 0 Å². The van der Waals surface area contributed by atoms with E-state index >= 15 is 0 Å². The SMILES string of the molecule is [2H][C@@](Cc1cccc(CC(C)C)c1)(C(=O)O)[C@H]1CCNC1. The number of hydrogen-bond acceptors (Lipinski definition) is 2. The molecule has 1 heterocycles. The number of carbonyl (C=O) groups is 1. The van der Waals surface area contributed by atoms with Crippen LogP contribution in [0.15, 0.2) is 24.3 Å². The summed E-state index contributed by atoms with van der Waals surface area (Å²) < 4.78 is 8.48. The van der Waals surface area contributed by atoms with E-state index in [9.17, 15) is 9.90 Å². The molecule has 2 atom stereocenters. The molecule has 110 valence electrons. The lowest BCUT2D eigenvalue weighted by Crippen LogP contribution is -2.27. The van der Waals surface area contributed by atoms with Crippen LogP contribution in [0.4, 0.5) is 0 Å². The number of nitrogens with one attached hydrogen (secondary N) is 1. The van der Waals surface area contributed by atoms with Crippen LogP contribution in [0.3, 0.4) is 0 Å². The van der Waals surface area contributed by atoms with Crippen molar-refractivity contribution in [2.75, 3.05) is 13.1 Å². The normalized spacial score (nSPS) is 22.6. The van der Waals surface area contributed by atoms with Crippen molar-refractivity contribution in [1.82, 2.24) is 5.32 Å². The van der Waals surface area contributed by atoms with E-state index in [4.69, 9.17) is 1.37 Å². The van der Waals surface area contributed by atoms with Gasteiger partial charge in [-0.2, -0.15) is 0 Å². The lowest BCUT2D eigenvalue weighted by molar-refractivity contribution is -0.143. The third-order valence-electron chi connectivity index (χ3n) is 3.86. The van der Waals surface area contributed by atoms with E-state index in [0.29, 0.717) is 12.5 Å². The zero-order valence-corrected chi connectivity index (χ0v) is 12.4. The summed E-state index contributed by atoms with van der Waals surface area (Å²) in [5.74, 6) is -1.99. The third-order valence-corrected chi connectivity index (χ3v) is 3.86. The molecule has 0 bridgehead atoms. The second-order valence-electron chi connectivity index (χ2n) is 6.11. The van der Waals surface area contributed by atoms with Crippen molar-refractivity contribution in [2.45, 2.75) is 33.1 Å². The van der Waals surface area contributed by atoms with Crippen molar-refractivity contribution < 1.29 is 11.3 Å². The number of aliphatic carboxylic acids is 1. The molecule has 0 radical (unpaired) electrons. The van der Waals surface area contributed by atoms with E-state index in [1.165, 1.54) is 5.56 Å². The Hall–Kier alpha value is -1.35. The Morgan fingerprint density at radius 1 is 1.45 bits per heavy atom. The van der Waals surface area contributed by atoms with Gasteiger partial charge in [-0.25, -0.2) is 0 Å². The third kappa shape index (κ3) is 4.07. The highest BCUT2D eigenvalue weighted by atomic mass is 16.4. The summed E-state index contributed by atoms with van der Waals surface area (Å²) in [5.41, 5.74) is 2.18. The molecular weight excluding hydrogens is 250 g/mol. The highest BCUT2D eigenvalue weighted by Gasteiger charge is 2.30. The molecule has 1 aromatic carbocycles. The number of carboxylic acid groups (broad SMARTS) is 1. The predicted octanol–water partition coefficient (Wildman–Crippen LogP) is 2.74.